The van der Waals surface area contributed by atoms with Crippen molar-refractivity contribution in [3.8, 4) is 6.07 Å². The molecule has 0 bridgehead atoms. The molecule has 0 saturated carbocycles. The Balaban J connectivity index is 1.84. The molecule has 0 radical (unpaired) electrons. The number of aryl methyl sites for hydroxylation is 2. The molecular formula is C30H26N2O3. The maximum atomic E-state index is 14.3. The molecule has 4 atom stereocenters. The number of hydrogen-bond donors (Lipinski definition) is 0. The lowest BCUT2D eigenvalue weighted by Gasteiger charge is -2.36. The van der Waals surface area contributed by atoms with Gasteiger partial charge >= 0.3 is 5.97 Å². The molecule has 2 heterocycles. The van der Waals surface area contributed by atoms with Crippen molar-refractivity contribution < 1.29 is 14.3 Å². The number of carbonyl (C=O) groups excluding carboxylic acids is 2. The number of methoxy groups -OCH3 is 1. The Bertz CT molecular complexity index is 1390. The molecule has 0 amide bonds. The minimum absolute atomic E-state index is 0.133. The van der Waals surface area contributed by atoms with Crippen LogP contribution >= 0.6 is 0 Å². The largest absolute Gasteiger partial charge is 0.468 e. The molecule has 1 saturated heterocycles. The molecule has 35 heavy (non-hydrogen) atoms. The maximum Gasteiger partial charge on any atom is 0.329 e. The topological polar surface area (TPSA) is 70.4 Å². The first-order chi connectivity index (χ1) is 16.9. The predicted octanol–water partition coefficient (Wildman–Crippen LogP) is 5.24. The summed E-state index contributed by atoms with van der Waals surface area (Å²) < 4.78 is 5.28. The lowest BCUT2D eigenvalue weighted by atomic mass is 9.67. The van der Waals surface area contributed by atoms with Crippen molar-refractivity contribution in [2.45, 2.75) is 31.8 Å². The Hall–Kier alpha value is -4.17. The van der Waals surface area contributed by atoms with Crippen LogP contribution in [0.2, 0.25) is 0 Å². The van der Waals surface area contributed by atoms with Crippen LogP contribution in [0.3, 0.4) is 0 Å². The highest BCUT2D eigenvalue weighted by Crippen LogP contribution is 2.56. The minimum Gasteiger partial charge on any atom is -0.468 e. The SMILES string of the molecule is COC(=O)[C@]1(C#N)[C@H](c2ccc(C)cc2C)[C@H](C(=O)c2ccccc2)N2c3ccccc3C=C[C@H]21. The molecule has 5 nitrogen and oxygen atoms in total. The number of hydrogen-bond acceptors (Lipinski definition) is 5. The van der Waals surface area contributed by atoms with Crippen LogP contribution in [-0.2, 0) is 9.53 Å². The number of esters is 1. The van der Waals surface area contributed by atoms with Gasteiger partial charge in [-0.25, -0.2) is 0 Å². The summed E-state index contributed by atoms with van der Waals surface area (Å²) in [5.41, 5.74) is 3.49. The van der Waals surface area contributed by atoms with Crippen molar-refractivity contribution in [2.24, 2.45) is 5.41 Å². The zero-order valence-corrected chi connectivity index (χ0v) is 19.9. The average molecular weight is 463 g/mol. The Morgan fingerprint density at radius 3 is 2.40 bits per heavy atom. The Morgan fingerprint density at radius 2 is 1.71 bits per heavy atom. The van der Waals surface area contributed by atoms with Gasteiger partial charge in [0.1, 0.15) is 6.04 Å². The van der Waals surface area contributed by atoms with Gasteiger partial charge in [-0.15, -0.1) is 0 Å². The summed E-state index contributed by atoms with van der Waals surface area (Å²) in [6.07, 6.45) is 3.80. The number of fused-ring (bicyclic) bond motifs is 3. The van der Waals surface area contributed by atoms with Crippen LogP contribution in [0.25, 0.3) is 6.08 Å². The van der Waals surface area contributed by atoms with E-state index < -0.39 is 29.4 Å². The monoisotopic (exact) mass is 462 g/mol. The zero-order valence-electron chi connectivity index (χ0n) is 19.9. The first kappa shape index (κ1) is 22.6. The number of ether oxygens (including phenoxy) is 1. The van der Waals surface area contributed by atoms with Gasteiger partial charge in [0, 0.05) is 17.2 Å². The summed E-state index contributed by atoms with van der Waals surface area (Å²) in [5, 5.41) is 10.7. The van der Waals surface area contributed by atoms with Gasteiger partial charge < -0.3 is 9.64 Å². The number of ketones is 1. The van der Waals surface area contributed by atoms with E-state index >= 15 is 0 Å². The molecule has 5 heteroatoms. The second-order valence-corrected chi connectivity index (χ2v) is 9.26. The van der Waals surface area contributed by atoms with Crippen LogP contribution < -0.4 is 4.90 Å². The molecule has 2 aliphatic rings. The van der Waals surface area contributed by atoms with Crippen LogP contribution in [0.4, 0.5) is 5.69 Å². The molecular weight excluding hydrogens is 436 g/mol. The van der Waals surface area contributed by atoms with Gasteiger partial charge in [-0.3, -0.25) is 9.59 Å². The number of nitriles is 1. The standard InChI is InChI=1S/C30H26N2O3/c1-19-13-15-23(20(2)17-19)26-27(28(33)22-10-5-4-6-11-22)32-24-12-8-7-9-21(24)14-16-25(32)30(26,18-31)29(34)35-3/h4-17,25-27H,1-3H3/t25-,26+,27+,30-/m0/s1. The van der Waals surface area contributed by atoms with E-state index in [2.05, 4.69) is 6.07 Å². The van der Waals surface area contributed by atoms with Crippen LogP contribution in [0.1, 0.15) is 38.5 Å². The third kappa shape index (κ3) is 3.29. The summed E-state index contributed by atoms with van der Waals surface area (Å²) in [6, 6.07) is 23.7. The van der Waals surface area contributed by atoms with E-state index in [0.29, 0.717) is 5.56 Å². The lowest BCUT2D eigenvalue weighted by Crippen LogP contribution is -2.46. The number of nitrogens with zero attached hydrogens (tertiary/aromatic N) is 2. The molecule has 174 valence electrons. The second-order valence-electron chi connectivity index (χ2n) is 9.26. The van der Waals surface area contributed by atoms with Gasteiger partial charge in [-0.1, -0.05) is 84.4 Å². The van der Waals surface area contributed by atoms with E-state index in [1.165, 1.54) is 7.11 Å². The van der Waals surface area contributed by atoms with Crippen molar-refractivity contribution in [1.82, 2.24) is 0 Å². The molecule has 0 spiro atoms. The van der Waals surface area contributed by atoms with Gasteiger partial charge in [0.15, 0.2) is 11.2 Å². The smallest absolute Gasteiger partial charge is 0.329 e. The van der Waals surface area contributed by atoms with E-state index in [9.17, 15) is 14.9 Å². The van der Waals surface area contributed by atoms with Gasteiger partial charge in [0.05, 0.1) is 19.2 Å². The Morgan fingerprint density at radius 1 is 1.00 bits per heavy atom. The molecule has 0 unspecified atom stereocenters. The molecule has 2 aliphatic heterocycles. The molecule has 0 N–H and O–H groups in total. The number of para-hydroxylation sites is 1. The number of benzene rings is 3. The summed E-state index contributed by atoms with van der Waals surface area (Å²) in [4.78, 5) is 29.8. The fourth-order valence-electron chi connectivity index (χ4n) is 5.83. The van der Waals surface area contributed by atoms with Gasteiger partial charge in [0.25, 0.3) is 0 Å². The molecule has 0 aliphatic carbocycles. The van der Waals surface area contributed by atoms with Crippen molar-refractivity contribution in [1.29, 1.82) is 5.26 Å². The van der Waals surface area contributed by atoms with Crippen LogP contribution in [-0.4, -0.2) is 30.9 Å². The van der Waals surface area contributed by atoms with Crippen molar-refractivity contribution >= 4 is 23.5 Å². The second kappa shape index (κ2) is 8.56. The Kier molecular flexibility index (Phi) is 5.53. The first-order valence-electron chi connectivity index (χ1n) is 11.7. The highest BCUT2D eigenvalue weighted by atomic mass is 16.5. The minimum atomic E-state index is -1.62. The number of Topliss-reactive ketones (excluding diaryl/α,β-unsaturated/α-hetero) is 1. The van der Waals surface area contributed by atoms with E-state index in [1.54, 1.807) is 12.1 Å². The van der Waals surface area contributed by atoms with E-state index in [0.717, 1.165) is 27.9 Å². The van der Waals surface area contributed by atoms with E-state index in [-0.39, 0.29) is 5.78 Å². The third-order valence-corrected chi connectivity index (χ3v) is 7.34. The average Bonchev–Trinajstić information content (AvgIpc) is 3.19. The molecule has 3 aromatic rings. The molecule has 5 rings (SSSR count). The van der Waals surface area contributed by atoms with Gasteiger partial charge in [-0.05, 0) is 36.6 Å². The number of anilines is 1. The molecule has 3 aromatic carbocycles. The Labute approximate surface area is 205 Å². The van der Waals surface area contributed by atoms with Crippen LogP contribution in [0, 0.1) is 30.6 Å². The lowest BCUT2D eigenvalue weighted by molar-refractivity contribution is -0.150. The zero-order chi connectivity index (χ0) is 24.7. The highest BCUT2D eigenvalue weighted by molar-refractivity contribution is 6.06. The molecule has 0 aromatic heterocycles. The third-order valence-electron chi connectivity index (χ3n) is 7.34. The maximum absolute atomic E-state index is 14.3. The van der Waals surface area contributed by atoms with Gasteiger partial charge in [0.2, 0.25) is 0 Å². The molecule has 1 fully saturated rings. The number of rotatable bonds is 4. The summed E-state index contributed by atoms with van der Waals surface area (Å²) in [5.74, 6) is -1.51. The highest BCUT2D eigenvalue weighted by Gasteiger charge is 2.67. The van der Waals surface area contributed by atoms with Crippen molar-refractivity contribution in [2.75, 3.05) is 12.0 Å². The van der Waals surface area contributed by atoms with Gasteiger partial charge in [-0.2, -0.15) is 5.26 Å². The van der Waals surface area contributed by atoms with Crippen LogP contribution in [0.5, 0.6) is 0 Å². The van der Waals surface area contributed by atoms with Crippen molar-refractivity contribution in [3.05, 3.63) is 107 Å². The van der Waals surface area contributed by atoms with Crippen LogP contribution in [0.15, 0.2) is 78.9 Å². The quantitative estimate of drug-likeness (QED) is 0.392. The van der Waals surface area contributed by atoms with Crippen molar-refractivity contribution in [3.63, 3.8) is 0 Å². The van der Waals surface area contributed by atoms with E-state index in [4.69, 9.17) is 4.74 Å². The fourth-order valence-corrected chi connectivity index (χ4v) is 5.83. The van der Waals surface area contributed by atoms with E-state index in [1.807, 2.05) is 91.6 Å². The normalized spacial score (nSPS) is 24.3. The fraction of sp³-hybridized carbons (Fsp3) is 0.233. The predicted molar refractivity (Wildman–Crippen MR) is 135 cm³/mol. The first-order valence-corrected chi connectivity index (χ1v) is 11.7. The summed E-state index contributed by atoms with van der Waals surface area (Å²) in [7, 11) is 1.30. The summed E-state index contributed by atoms with van der Waals surface area (Å²) >= 11 is 0. The summed E-state index contributed by atoms with van der Waals surface area (Å²) in [6.45, 7) is 3.96. The number of carbonyl (C=O) groups is 2.